The first-order valence-electron chi connectivity index (χ1n) is 5.17. The van der Waals surface area contributed by atoms with Gasteiger partial charge in [-0.25, -0.2) is 0 Å². The van der Waals surface area contributed by atoms with Crippen molar-refractivity contribution >= 4 is 11.9 Å². The molecule has 0 spiro atoms. The SMILES string of the molecule is C=CCC[C@@H]1CC(C(=O)OCC)C(=O)O1. The number of hydrogen-bond acceptors (Lipinski definition) is 4. The second-order valence-electron chi connectivity index (χ2n) is 3.47. The molecule has 1 unspecified atom stereocenters. The third-order valence-electron chi connectivity index (χ3n) is 2.33. The summed E-state index contributed by atoms with van der Waals surface area (Å²) in [6.07, 6.45) is 3.56. The van der Waals surface area contributed by atoms with Crippen LogP contribution in [0.4, 0.5) is 0 Å². The van der Waals surface area contributed by atoms with Crippen LogP contribution in [0.1, 0.15) is 26.2 Å². The van der Waals surface area contributed by atoms with Crippen LogP contribution in [-0.2, 0) is 19.1 Å². The van der Waals surface area contributed by atoms with E-state index in [1.54, 1.807) is 13.0 Å². The van der Waals surface area contributed by atoms with Crippen LogP contribution in [0, 0.1) is 5.92 Å². The lowest BCUT2D eigenvalue weighted by atomic mass is 10.0. The molecule has 1 heterocycles. The molecule has 1 aliphatic rings. The van der Waals surface area contributed by atoms with Gasteiger partial charge in [0.15, 0.2) is 5.92 Å². The number of carbonyl (C=O) groups is 2. The van der Waals surface area contributed by atoms with Crippen molar-refractivity contribution in [1.82, 2.24) is 0 Å². The first-order valence-corrected chi connectivity index (χ1v) is 5.17. The van der Waals surface area contributed by atoms with Crippen LogP contribution >= 0.6 is 0 Å². The summed E-state index contributed by atoms with van der Waals surface area (Å²) >= 11 is 0. The minimum atomic E-state index is -0.722. The maximum Gasteiger partial charge on any atom is 0.320 e. The van der Waals surface area contributed by atoms with E-state index >= 15 is 0 Å². The molecule has 4 nitrogen and oxygen atoms in total. The Balaban J connectivity index is 2.45. The Hall–Kier alpha value is -1.32. The van der Waals surface area contributed by atoms with Crippen LogP contribution in [0.25, 0.3) is 0 Å². The molecule has 0 aromatic rings. The van der Waals surface area contributed by atoms with E-state index in [0.29, 0.717) is 13.0 Å². The molecule has 1 saturated heterocycles. The maximum atomic E-state index is 11.3. The highest BCUT2D eigenvalue weighted by molar-refractivity contribution is 5.96. The molecule has 0 bridgehead atoms. The van der Waals surface area contributed by atoms with Crippen LogP contribution in [0.15, 0.2) is 12.7 Å². The van der Waals surface area contributed by atoms with Gasteiger partial charge in [-0.1, -0.05) is 6.08 Å². The molecule has 1 aliphatic heterocycles. The third kappa shape index (κ3) is 3.08. The van der Waals surface area contributed by atoms with Crippen molar-refractivity contribution in [3.8, 4) is 0 Å². The Labute approximate surface area is 89.2 Å². The fourth-order valence-corrected chi connectivity index (χ4v) is 1.57. The summed E-state index contributed by atoms with van der Waals surface area (Å²) in [5.74, 6) is -1.65. The van der Waals surface area contributed by atoms with Crippen molar-refractivity contribution in [2.24, 2.45) is 5.92 Å². The van der Waals surface area contributed by atoms with E-state index in [1.165, 1.54) is 0 Å². The van der Waals surface area contributed by atoms with Gasteiger partial charge in [0, 0.05) is 6.42 Å². The molecule has 15 heavy (non-hydrogen) atoms. The van der Waals surface area contributed by atoms with Crippen molar-refractivity contribution in [2.45, 2.75) is 32.3 Å². The van der Waals surface area contributed by atoms with Crippen LogP contribution in [0.5, 0.6) is 0 Å². The molecule has 0 saturated carbocycles. The maximum absolute atomic E-state index is 11.3. The molecule has 0 aliphatic carbocycles. The van der Waals surface area contributed by atoms with Crippen LogP contribution < -0.4 is 0 Å². The first-order chi connectivity index (χ1) is 7.19. The quantitative estimate of drug-likeness (QED) is 0.393. The molecule has 0 aromatic carbocycles. The fourth-order valence-electron chi connectivity index (χ4n) is 1.57. The molecule has 2 atom stereocenters. The molecule has 0 N–H and O–H groups in total. The second-order valence-corrected chi connectivity index (χ2v) is 3.47. The zero-order valence-corrected chi connectivity index (χ0v) is 8.90. The van der Waals surface area contributed by atoms with Gasteiger partial charge in [-0.05, 0) is 19.8 Å². The number of esters is 2. The summed E-state index contributed by atoms with van der Waals surface area (Å²) in [5.41, 5.74) is 0. The van der Waals surface area contributed by atoms with Gasteiger partial charge < -0.3 is 9.47 Å². The van der Waals surface area contributed by atoms with E-state index < -0.39 is 17.9 Å². The van der Waals surface area contributed by atoms with Gasteiger partial charge in [-0.2, -0.15) is 0 Å². The van der Waals surface area contributed by atoms with Gasteiger partial charge in [0.2, 0.25) is 0 Å². The first kappa shape index (κ1) is 11.8. The van der Waals surface area contributed by atoms with Gasteiger partial charge in [0.25, 0.3) is 0 Å². The predicted octanol–water partition coefficient (Wildman–Crippen LogP) is 1.45. The van der Waals surface area contributed by atoms with Crippen LogP contribution in [0.3, 0.4) is 0 Å². The van der Waals surface area contributed by atoms with Crippen molar-refractivity contribution in [1.29, 1.82) is 0 Å². The number of carbonyl (C=O) groups excluding carboxylic acids is 2. The summed E-state index contributed by atoms with van der Waals surface area (Å²) in [6, 6.07) is 0. The summed E-state index contributed by atoms with van der Waals surface area (Å²) in [5, 5.41) is 0. The minimum Gasteiger partial charge on any atom is -0.465 e. The van der Waals surface area contributed by atoms with E-state index in [0.717, 1.165) is 12.8 Å². The topological polar surface area (TPSA) is 52.6 Å². The highest BCUT2D eigenvalue weighted by Crippen LogP contribution is 2.25. The summed E-state index contributed by atoms with van der Waals surface area (Å²) < 4.78 is 9.85. The Bertz CT molecular complexity index is 259. The predicted molar refractivity (Wildman–Crippen MR) is 54.1 cm³/mol. The Morgan fingerprint density at radius 2 is 2.47 bits per heavy atom. The van der Waals surface area contributed by atoms with E-state index in [9.17, 15) is 9.59 Å². The third-order valence-corrected chi connectivity index (χ3v) is 2.33. The molecule has 1 rings (SSSR count). The number of cyclic esters (lactones) is 1. The Kier molecular flexibility index (Phi) is 4.34. The fraction of sp³-hybridized carbons (Fsp3) is 0.636. The molecule has 0 aromatic heterocycles. The standard InChI is InChI=1S/C11H16O4/c1-3-5-6-8-7-9(11(13)15-8)10(12)14-4-2/h3,8-9H,1,4-7H2,2H3/t8-,9?/m1/s1. The molecular weight excluding hydrogens is 196 g/mol. The average molecular weight is 212 g/mol. The smallest absolute Gasteiger partial charge is 0.320 e. The van der Waals surface area contributed by atoms with Gasteiger partial charge in [0.1, 0.15) is 6.10 Å². The van der Waals surface area contributed by atoms with E-state index in [1.807, 2.05) is 0 Å². The largest absolute Gasteiger partial charge is 0.465 e. The zero-order chi connectivity index (χ0) is 11.3. The summed E-state index contributed by atoms with van der Waals surface area (Å²) in [6.45, 7) is 5.60. The molecule has 1 fully saturated rings. The molecule has 0 amide bonds. The van der Waals surface area contributed by atoms with Crippen molar-refractivity contribution in [3.05, 3.63) is 12.7 Å². The number of ether oxygens (including phenoxy) is 2. The molecule has 4 heteroatoms. The zero-order valence-electron chi connectivity index (χ0n) is 8.90. The molecular formula is C11H16O4. The lowest BCUT2D eigenvalue weighted by molar-refractivity contribution is -0.156. The van der Waals surface area contributed by atoms with Gasteiger partial charge in [-0.15, -0.1) is 6.58 Å². The lowest BCUT2D eigenvalue weighted by Crippen LogP contribution is -2.21. The van der Waals surface area contributed by atoms with Gasteiger partial charge in [0.05, 0.1) is 6.61 Å². The Morgan fingerprint density at radius 1 is 1.73 bits per heavy atom. The van der Waals surface area contributed by atoms with E-state index in [4.69, 9.17) is 9.47 Å². The highest BCUT2D eigenvalue weighted by atomic mass is 16.6. The monoisotopic (exact) mass is 212 g/mol. The van der Waals surface area contributed by atoms with E-state index in [-0.39, 0.29) is 6.10 Å². The van der Waals surface area contributed by atoms with Crippen LogP contribution in [0.2, 0.25) is 0 Å². The number of allylic oxidation sites excluding steroid dienone is 1. The van der Waals surface area contributed by atoms with Crippen molar-refractivity contribution in [3.63, 3.8) is 0 Å². The molecule has 84 valence electrons. The number of rotatable bonds is 5. The minimum absolute atomic E-state index is 0.162. The van der Waals surface area contributed by atoms with Crippen LogP contribution in [-0.4, -0.2) is 24.6 Å². The lowest BCUT2D eigenvalue weighted by Gasteiger charge is -2.05. The Morgan fingerprint density at radius 3 is 3.07 bits per heavy atom. The van der Waals surface area contributed by atoms with Crippen molar-refractivity contribution < 1.29 is 19.1 Å². The second kappa shape index (κ2) is 5.53. The average Bonchev–Trinajstić information content (AvgIpc) is 2.57. The summed E-state index contributed by atoms with van der Waals surface area (Å²) in [4.78, 5) is 22.6. The van der Waals surface area contributed by atoms with Gasteiger partial charge in [-0.3, -0.25) is 9.59 Å². The summed E-state index contributed by atoms with van der Waals surface area (Å²) in [7, 11) is 0. The number of hydrogen-bond donors (Lipinski definition) is 0. The normalized spacial score (nSPS) is 24.7. The van der Waals surface area contributed by atoms with E-state index in [2.05, 4.69) is 6.58 Å². The van der Waals surface area contributed by atoms with Gasteiger partial charge >= 0.3 is 11.9 Å². The molecule has 0 radical (unpaired) electrons. The van der Waals surface area contributed by atoms with Crippen molar-refractivity contribution in [2.75, 3.05) is 6.61 Å². The highest BCUT2D eigenvalue weighted by Gasteiger charge is 2.39.